The summed E-state index contributed by atoms with van der Waals surface area (Å²) in [5, 5.41) is 19.6. The molecule has 0 spiro atoms. The van der Waals surface area contributed by atoms with Crippen molar-refractivity contribution in [1.82, 2.24) is 0 Å². The fourth-order valence-electron chi connectivity index (χ4n) is 1.64. The third kappa shape index (κ3) is 5.15. The van der Waals surface area contributed by atoms with Crippen molar-refractivity contribution in [2.24, 2.45) is 0 Å². The first-order chi connectivity index (χ1) is 9.56. The quantitative estimate of drug-likeness (QED) is 0.839. The van der Waals surface area contributed by atoms with Gasteiger partial charge in [-0.3, -0.25) is 0 Å². The molecular weight excluding hydrogens is 302 g/mol. The lowest BCUT2D eigenvalue weighted by Crippen LogP contribution is -2.30. The summed E-state index contributed by atoms with van der Waals surface area (Å²) in [4.78, 5) is 0. The molecule has 116 valence electrons. The van der Waals surface area contributed by atoms with Crippen LogP contribution in [0, 0.1) is 11.3 Å². The zero-order chi connectivity index (χ0) is 16.3. The Morgan fingerprint density at radius 1 is 1.19 bits per heavy atom. The molecule has 1 rings (SSSR count). The summed E-state index contributed by atoms with van der Waals surface area (Å²) in [6, 6.07) is 2.33. The Kier molecular flexibility index (Phi) is 5.06. The number of halogens is 6. The number of nitrogens with one attached hydrogen (secondary N) is 1. The van der Waals surface area contributed by atoms with Gasteiger partial charge in [0.15, 0.2) is 0 Å². The van der Waals surface area contributed by atoms with E-state index in [1.54, 1.807) is 0 Å². The molecule has 0 fully saturated rings. The van der Waals surface area contributed by atoms with Gasteiger partial charge in [-0.05, 0) is 18.2 Å². The molecule has 0 saturated carbocycles. The van der Waals surface area contributed by atoms with E-state index in [2.05, 4.69) is 5.32 Å². The molecule has 2 N–H and O–H groups in total. The van der Waals surface area contributed by atoms with Crippen molar-refractivity contribution < 1.29 is 31.4 Å². The second-order valence-electron chi connectivity index (χ2n) is 4.21. The minimum absolute atomic E-state index is 0.260. The molecule has 0 unspecified atom stereocenters. The Morgan fingerprint density at radius 3 is 2.24 bits per heavy atom. The normalized spacial score (nSPS) is 13.6. The van der Waals surface area contributed by atoms with Gasteiger partial charge < -0.3 is 10.4 Å². The number of rotatable bonds is 4. The first kappa shape index (κ1) is 17.1. The Labute approximate surface area is 115 Å². The van der Waals surface area contributed by atoms with E-state index < -0.39 is 42.5 Å². The second-order valence-corrected chi connectivity index (χ2v) is 4.21. The van der Waals surface area contributed by atoms with E-state index in [4.69, 9.17) is 10.4 Å². The van der Waals surface area contributed by atoms with Crippen LogP contribution < -0.4 is 5.32 Å². The van der Waals surface area contributed by atoms with Gasteiger partial charge in [-0.1, -0.05) is 0 Å². The summed E-state index contributed by atoms with van der Waals surface area (Å²) < 4.78 is 74.7. The van der Waals surface area contributed by atoms with Crippen LogP contribution in [0.5, 0.6) is 0 Å². The fourth-order valence-corrected chi connectivity index (χ4v) is 1.64. The van der Waals surface area contributed by atoms with Gasteiger partial charge in [-0.15, -0.1) is 0 Å². The molecule has 21 heavy (non-hydrogen) atoms. The number of anilines is 1. The molecule has 1 aromatic carbocycles. The third-order valence-corrected chi connectivity index (χ3v) is 2.51. The van der Waals surface area contributed by atoms with Gasteiger partial charge in [0.1, 0.15) is 0 Å². The van der Waals surface area contributed by atoms with Gasteiger partial charge in [-0.2, -0.15) is 31.6 Å². The van der Waals surface area contributed by atoms with Crippen LogP contribution in [-0.2, 0) is 6.18 Å². The van der Waals surface area contributed by atoms with Crippen LogP contribution in [0.1, 0.15) is 17.5 Å². The minimum Gasteiger partial charge on any atom is -0.394 e. The average Bonchev–Trinajstić information content (AvgIpc) is 2.35. The highest BCUT2D eigenvalue weighted by Crippen LogP contribution is 2.34. The van der Waals surface area contributed by atoms with E-state index in [9.17, 15) is 26.3 Å². The maximum absolute atomic E-state index is 12.7. The summed E-state index contributed by atoms with van der Waals surface area (Å²) in [5.41, 5.74) is -2.15. The number of hydrogen-bond acceptors (Lipinski definition) is 3. The van der Waals surface area contributed by atoms with Crippen molar-refractivity contribution in [2.75, 3.05) is 11.9 Å². The van der Waals surface area contributed by atoms with Crippen molar-refractivity contribution in [3.05, 3.63) is 29.3 Å². The molecule has 1 aromatic rings. The molecule has 9 heteroatoms. The lowest BCUT2D eigenvalue weighted by Gasteiger charge is -2.20. The summed E-state index contributed by atoms with van der Waals surface area (Å²) in [5.74, 6) is 0. The molecular formula is C12H10F6N2O. The zero-order valence-electron chi connectivity index (χ0n) is 10.4. The van der Waals surface area contributed by atoms with E-state index in [0.717, 1.165) is 12.1 Å². The summed E-state index contributed by atoms with van der Waals surface area (Å²) in [7, 11) is 0. The van der Waals surface area contributed by atoms with Gasteiger partial charge in [0.05, 0.1) is 36.3 Å². The maximum atomic E-state index is 12.7. The highest BCUT2D eigenvalue weighted by atomic mass is 19.4. The van der Waals surface area contributed by atoms with Gasteiger partial charge in [-0.25, -0.2) is 0 Å². The van der Waals surface area contributed by atoms with E-state index in [1.165, 1.54) is 6.07 Å². The van der Waals surface area contributed by atoms with Gasteiger partial charge in [0.25, 0.3) is 0 Å². The number of nitrogens with zero attached hydrogens (tertiary/aromatic N) is 1. The molecule has 0 aromatic heterocycles. The van der Waals surface area contributed by atoms with Gasteiger partial charge in [0, 0.05) is 5.69 Å². The lowest BCUT2D eigenvalue weighted by atomic mass is 10.1. The smallest absolute Gasteiger partial charge is 0.394 e. The van der Waals surface area contributed by atoms with Crippen LogP contribution in [-0.4, -0.2) is 23.9 Å². The number of hydrogen-bond donors (Lipinski definition) is 2. The second kappa shape index (κ2) is 6.22. The Hall–Kier alpha value is -1.95. The summed E-state index contributed by atoms with van der Waals surface area (Å²) in [6.45, 7) is -0.902. The number of alkyl halides is 6. The predicted molar refractivity (Wildman–Crippen MR) is 61.3 cm³/mol. The summed E-state index contributed by atoms with van der Waals surface area (Å²) >= 11 is 0. The van der Waals surface area contributed by atoms with Crippen molar-refractivity contribution in [1.29, 1.82) is 5.26 Å². The van der Waals surface area contributed by atoms with E-state index in [1.807, 2.05) is 0 Å². The van der Waals surface area contributed by atoms with Crippen LogP contribution in [0.15, 0.2) is 18.2 Å². The van der Waals surface area contributed by atoms with Crippen molar-refractivity contribution in [3.8, 4) is 6.07 Å². The van der Waals surface area contributed by atoms with Gasteiger partial charge in [0.2, 0.25) is 0 Å². The highest BCUT2D eigenvalue weighted by molar-refractivity contribution is 5.53. The first-order valence-electron chi connectivity index (χ1n) is 5.62. The van der Waals surface area contributed by atoms with Crippen molar-refractivity contribution in [3.63, 3.8) is 0 Å². The SMILES string of the molecule is N#Cc1ccc(N[C@@H](CO)CC(F)(F)F)cc1C(F)(F)F. The maximum Gasteiger partial charge on any atom is 0.417 e. The number of nitriles is 1. The molecule has 0 aliphatic heterocycles. The van der Waals surface area contributed by atoms with Crippen molar-refractivity contribution >= 4 is 5.69 Å². The number of aliphatic hydroxyl groups is 1. The summed E-state index contributed by atoms with van der Waals surface area (Å²) in [6.07, 6.45) is -10.8. The van der Waals surface area contributed by atoms with E-state index in [0.29, 0.717) is 6.07 Å². The molecule has 0 bridgehead atoms. The first-order valence-corrected chi connectivity index (χ1v) is 5.62. The van der Waals surface area contributed by atoms with Gasteiger partial charge >= 0.3 is 12.4 Å². The molecule has 0 amide bonds. The number of benzene rings is 1. The van der Waals surface area contributed by atoms with E-state index in [-0.39, 0.29) is 5.69 Å². The Bertz CT molecular complexity index is 532. The van der Waals surface area contributed by atoms with Crippen LogP contribution in [0.25, 0.3) is 0 Å². The van der Waals surface area contributed by atoms with Crippen molar-refractivity contribution in [2.45, 2.75) is 24.8 Å². The largest absolute Gasteiger partial charge is 0.417 e. The lowest BCUT2D eigenvalue weighted by molar-refractivity contribution is -0.139. The average molecular weight is 312 g/mol. The molecule has 1 atom stereocenters. The Balaban J connectivity index is 3.02. The zero-order valence-corrected chi connectivity index (χ0v) is 10.4. The van der Waals surface area contributed by atoms with Crippen LogP contribution in [0.4, 0.5) is 32.0 Å². The molecule has 0 aliphatic carbocycles. The fraction of sp³-hybridized carbons (Fsp3) is 0.417. The molecule has 0 saturated heterocycles. The van der Waals surface area contributed by atoms with E-state index >= 15 is 0 Å². The topological polar surface area (TPSA) is 56.0 Å². The van der Waals surface area contributed by atoms with Crippen LogP contribution >= 0.6 is 0 Å². The monoisotopic (exact) mass is 312 g/mol. The minimum atomic E-state index is -4.80. The standard InChI is InChI=1S/C12H10F6N2O/c13-11(14,15)4-9(6-21)20-8-2-1-7(5-19)10(3-8)12(16,17)18/h1-3,9,20-21H,4,6H2/t9-/m1/s1. The Morgan fingerprint density at radius 2 is 1.81 bits per heavy atom. The predicted octanol–water partition coefficient (Wildman–Crippen LogP) is 3.30. The molecule has 0 aliphatic rings. The van der Waals surface area contributed by atoms with Crippen LogP contribution in [0.2, 0.25) is 0 Å². The number of aliphatic hydroxyl groups excluding tert-OH is 1. The molecule has 0 radical (unpaired) electrons. The highest BCUT2D eigenvalue weighted by Gasteiger charge is 2.35. The van der Waals surface area contributed by atoms with Crippen LogP contribution in [0.3, 0.4) is 0 Å². The molecule has 3 nitrogen and oxygen atoms in total. The third-order valence-electron chi connectivity index (χ3n) is 2.51. The molecule has 0 heterocycles.